The van der Waals surface area contributed by atoms with Gasteiger partial charge in [-0.3, -0.25) is 9.59 Å². The molecule has 0 aromatic heterocycles. The fraction of sp³-hybridized carbons (Fsp3) is 0.364. The van der Waals surface area contributed by atoms with Gasteiger partial charge in [-0.1, -0.05) is 0 Å². The predicted molar refractivity (Wildman–Crippen MR) is 113 cm³/mol. The highest BCUT2D eigenvalue weighted by Crippen LogP contribution is 2.36. The molecule has 2 aromatic carbocycles. The highest BCUT2D eigenvalue weighted by Gasteiger charge is 2.35. The van der Waals surface area contributed by atoms with E-state index >= 15 is 0 Å². The lowest BCUT2D eigenvalue weighted by Crippen LogP contribution is -2.33. The minimum absolute atomic E-state index is 0.0707. The second kappa shape index (κ2) is 9.38. The van der Waals surface area contributed by atoms with Gasteiger partial charge in [0.1, 0.15) is 19.0 Å². The van der Waals surface area contributed by atoms with E-state index < -0.39 is 0 Å². The lowest BCUT2D eigenvalue weighted by atomic mass is 10.1. The normalized spacial score (nSPS) is 17.8. The van der Waals surface area contributed by atoms with Gasteiger partial charge in [0, 0.05) is 36.2 Å². The van der Waals surface area contributed by atoms with Crippen LogP contribution in [0.3, 0.4) is 0 Å². The van der Waals surface area contributed by atoms with Gasteiger partial charge in [0.25, 0.3) is 0 Å². The van der Waals surface area contributed by atoms with Crippen LogP contribution < -0.4 is 19.7 Å². The largest absolute Gasteiger partial charge is 0.486 e. The van der Waals surface area contributed by atoms with Gasteiger partial charge in [0.15, 0.2) is 11.5 Å². The highest BCUT2D eigenvalue weighted by atomic mass is 32.2. The Morgan fingerprint density at radius 2 is 1.90 bits per heavy atom. The highest BCUT2D eigenvalue weighted by molar-refractivity contribution is 7.99. The van der Waals surface area contributed by atoms with Gasteiger partial charge in [-0.05, 0) is 48.6 Å². The fourth-order valence-corrected chi connectivity index (χ4v) is 4.33. The van der Waals surface area contributed by atoms with Crippen molar-refractivity contribution in [2.75, 3.05) is 37.0 Å². The van der Waals surface area contributed by atoms with Gasteiger partial charge >= 0.3 is 0 Å². The number of nitrogens with zero attached hydrogens (tertiary/aromatic N) is 1. The van der Waals surface area contributed by atoms with E-state index in [2.05, 4.69) is 5.32 Å². The Morgan fingerprint density at radius 3 is 2.70 bits per heavy atom. The first-order valence-electron chi connectivity index (χ1n) is 9.96. The molecule has 158 valence electrons. The standard InChI is InChI=1S/C22H23FN2O4S/c23-16-2-5-18(6-3-16)30-11-1-8-24-22(27)15-12-21(26)25(14-15)17-4-7-19-20(13-17)29-10-9-28-19/h2-7,13,15H,1,8-12,14H2,(H,24,27). The van der Waals surface area contributed by atoms with Gasteiger partial charge in [0.05, 0.1) is 5.92 Å². The number of rotatable bonds is 7. The van der Waals surface area contributed by atoms with Crippen molar-refractivity contribution in [3.05, 3.63) is 48.3 Å². The summed E-state index contributed by atoms with van der Waals surface area (Å²) in [5.74, 6) is 1.33. The van der Waals surface area contributed by atoms with Gasteiger partial charge < -0.3 is 19.7 Å². The Balaban J connectivity index is 1.23. The molecule has 2 aromatic rings. The van der Waals surface area contributed by atoms with Crippen LogP contribution in [0, 0.1) is 11.7 Å². The second-order valence-electron chi connectivity index (χ2n) is 7.18. The van der Waals surface area contributed by atoms with Gasteiger partial charge in [-0.25, -0.2) is 4.39 Å². The molecule has 1 unspecified atom stereocenters. The van der Waals surface area contributed by atoms with Crippen LogP contribution in [-0.2, 0) is 9.59 Å². The zero-order chi connectivity index (χ0) is 20.9. The molecule has 1 atom stereocenters. The van der Waals surface area contributed by atoms with Gasteiger partial charge in [-0.2, -0.15) is 0 Å². The monoisotopic (exact) mass is 430 g/mol. The molecule has 30 heavy (non-hydrogen) atoms. The lowest BCUT2D eigenvalue weighted by molar-refractivity contribution is -0.126. The van der Waals surface area contributed by atoms with Crippen molar-refractivity contribution in [3.63, 3.8) is 0 Å². The molecule has 2 aliphatic heterocycles. The molecule has 0 aliphatic carbocycles. The van der Waals surface area contributed by atoms with Crippen LogP contribution in [0.4, 0.5) is 10.1 Å². The Labute approximate surface area is 178 Å². The van der Waals surface area contributed by atoms with Crippen LogP contribution in [0.1, 0.15) is 12.8 Å². The summed E-state index contributed by atoms with van der Waals surface area (Å²) in [5, 5.41) is 2.93. The van der Waals surface area contributed by atoms with Crippen LogP contribution >= 0.6 is 11.8 Å². The van der Waals surface area contributed by atoms with E-state index in [1.54, 1.807) is 40.9 Å². The third kappa shape index (κ3) is 4.87. The smallest absolute Gasteiger partial charge is 0.227 e. The summed E-state index contributed by atoms with van der Waals surface area (Å²) in [6, 6.07) is 11.8. The average Bonchev–Trinajstić information content (AvgIpc) is 3.16. The van der Waals surface area contributed by atoms with Crippen LogP contribution in [0.5, 0.6) is 11.5 Å². The van der Waals surface area contributed by atoms with Crippen LogP contribution in [-0.4, -0.2) is 43.9 Å². The number of hydrogen-bond acceptors (Lipinski definition) is 5. The first kappa shape index (κ1) is 20.5. The number of carbonyl (C=O) groups is 2. The molecule has 2 amide bonds. The summed E-state index contributed by atoms with van der Waals surface area (Å²) in [7, 11) is 0. The molecule has 1 saturated heterocycles. The fourth-order valence-electron chi connectivity index (χ4n) is 3.48. The van der Waals surface area contributed by atoms with Crippen molar-refractivity contribution >= 4 is 29.3 Å². The van der Waals surface area contributed by atoms with Crippen molar-refractivity contribution < 1.29 is 23.5 Å². The van der Waals surface area contributed by atoms with E-state index in [1.807, 2.05) is 6.07 Å². The van der Waals surface area contributed by atoms with Crippen molar-refractivity contribution in [1.29, 1.82) is 0 Å². The summed E-state index contributed by atoms with van der Waals surface area (Å²) in [6.45, 7) is 1.89. The number of nitrogens with one attached hydrogen (secondary N) is 1. The van der Waals surface area contributed by atoms with Gasteiger partial charge in [-0.15, -0.1) is 11.8 Å². The lowest BCUT2D eigenvalue weighted by Gasteiger charge is -2.22. The first-order chi connectivity index (χ1) is 14.6. The summed E-state index contributed by atoms with van der Waals surface area (Å²) in [5.41, 5.74) is 0.718. The predicted octanol–water partition coefficient (Wildman–Crippen LogP) is 3.25. The van der Waals surface area contributed by atoms with Crippen molar-refractivity contribution in [2.24, 2.45) is 5.92 Å². The molecule has 8 heteroatoms. The molecule has 6 nitrogen and oxygen atoms in total. The summed E-state index contributed by atoms with van der Waals surface area (Å²) in [6.07, 6.45) is 0.991. The van der Waals surface area contributed by atoms with E-state index in [9.17, 15) is 14.0 Å². The van der Waals surface area contributed by atoms with Crippen LogP contribution in [0.25, 0.3) is 0 Å². The number of amides is 2. The second-order valence-corrected chi connectivity index (χ2v) is 8.35. The Morgan fingerprint density at radius 1 is 1.13 bits per heavy atom. The van der Waals surface area contributed by atoms with Crippen molar-refractivity contribution in [1.82, 2.24) is 5.32 Å². The van der Waals surface area contributed by atoms with Crippen molar-refractivity contribution in [2.45, 2.75) is 17.7 Å². The molecular weight excluding hydrogens is 407 g/mol. The number of ether oxygens (including phenoxy) is 2. The van der Waals surface area contributed by atoms with E-state index in [-0.39, 0.29) is 30.0 Å². The van der Waals surface area contributed by atoms with Crippen molar-refractivity contribution in [3.8, 4) is 11.5 Å². The number of thioether (sulfide) groups is 1. The van der Waals surface area contributed by atoms with E-state index in [0.717, 1.165) is 22.8 Å². The third-order valence-corrected chi connectivity index (χ3v) is 6.13. The summed E-state index contributed by atoms with van der Waals surface area (Å²) >= 11 is 1.62. The minimum Gasteiger partial charge on any atom is -0.486 e. The molecule has 0 bridgehead atoms. The van der Waals surface area contributed by atoms with E-state index in [0.29, 0.717) is 37.8 Å². The topological polar surface area (TPSA) is 67.9 Å². The molecule has 1 fully saturated rings. The first-order valence-corrected chi connectivity index (χ1v) is 10.9. The number of anilines is 1. The minimum atomic E-state index is -0.365. The molecule has 0 spiro atoms. The maximum atomic E-state index is 12.9. The SMILES string of the molecule is O=C(NCCCSc1ccc(F)cc1)C1CC(=O)N(c2ccc3c(c2)OCCO3)C1. The molecular formula is C22H23FN2O4S. The zero-order valence-electron chi connectivity index (χ0n) is 16.4. The number of halogens is 1. The summed E-state index contributed by atoms with van der Waals surface area (Å²) < 4.78 is 24.0. The van der Waals surface area contributed by atoms with E-state index in [1.165, 1.54) is 12.1 Å². The Hall–Kier alpha value is -2.74. The molecule has 0 radical (unpaired) electrons. The molecule has 2 aliphatic rings. The van der Waals surface area contributed by atoms with E-state index in [4.69, 9.17) is 9.47 Å². The maximum Gasteiger partial charge on any atom is 0.227 e. The zero-order valence-corrected chi connectivity index (χ0v) is 17.3. The number of fused-ring (bicyclic) bond motifs is 1. The van der Waals surface area contributed by atoms with Gasteiger partial charge in [0.2, 0.25) is 11.8 Å². The maximum absolute atomic E-state index is 12.9. The number of hydrogen-bond donors (Lipinski definition) is 1. The number of benzene rings is 2. The Kier molecular flexibility index (Phi) is 6.42. The molecule has 2 heterocycles. The van der Waals surface area contributed by atoms with Crippen LogP contribution in [0.15, 0.2) is 47.4 Å². The van der Waals surface area contributed by atoms with Crippen LogP contribution in [0.2, 0.25) is 0 Å². The molecule has 1 N–H and O–H groups in total. The average molecular weight is 431 g/mol. The molecule has 0 saturated carbocycles. The Bertz CT molecular complexity index is 922. The quantitative estimate of drug-likeness (QED) is 0.540. The summed E-state index contributed by atoms with van der Waals surface area (Å²) in [4.78, 5) is 27.6. The third-order valence-electron chi connectivity index (χ3n) is 5.04. The molecule has 4 rings (SSSR count). The number of carbonyl (C=O) groups excluding carboxylic acids is 2.